The zero-order valence-electron chi connectivity index (χ0n) is 21.3. The maximum atomic E-state index is 13.9. The summed E-state index contributed by atoms with van der Waals surface area (Å²) in [6.45, 7) is 1.37. The molecule has 1 aliphatic carbocycles. The summed E-state index contributed by atoms with van der Waals surface area (Å²) < 4.78 is 28.5. The van der Waals surface area contributed by atoms with Gasteiger partial charge in [0.05, 0.1) is 10.6 Å². The lowest BCUT2D eigenvalue weighted by Gasteiger charge is -2.32. The van der Waals surface area contributed by atoms with Crippen LogP contribution in [0.1, 0.15) is 38.2 Å². The molecule has 1 N–H and O–H groups in total. The lowest BCUT2D eigenvalue weighted by Crippen LogP contribution is -2.52. The topological polar surface area (TPSA) is 86.8 Å². The van der Waals surface area contributed by atoms with Gasteiger partial charge in [-0.1, -0.05) is 73.0 Å². The van der Waals surface area contributed by atoms with Crippen molar-refractivity contribution in [2.24, 2.45) is 0 Å². The van der Waals surface area contributed by atoms with E-state index in [0.717, 1.165) is 35.6 Å². The summed E-state index contributed by atoms with van der Waals surface area (Å²) in [6.07, 6.45) is 3.98. The van der Waals surface area contributed by atoms with Crippen LogP contribution in [0.5, 0.6) is 0 Å². The maximum Gasteiger partial charge on any atom is 0.264 e. The van der Waals surface area contributed by atoms with E-state index in [0.29, 0.717) is 10.7 Å². The molecule has 1 saturated carbocycles. The minimum Gasteiger partial charge on any atom is -0.352 e. The predicted molar refractivity (Wildman–Crippen MR) is 149 cm³/mol. The Kier molecular flexibility index (Phi) is 9.07. The van der Waals surface area contributed by atoms with Gasteiger partial charge in [-0.3, -0.25) is 13.9 Å². The predicted octanol–water partition coefficient (Wildman–Crippen LogP) is 5.01. The van der Waals surface area contributed by atoms with E-state index >= 15 is 0 Å². The molecule has 9 heteroatoms. The van der Waals surface area contributed by atoms with Crippen LogP contribution in [0.15, 0.2) is 89.8 Å². The second-order valence-corrected chi connectivity index (χ2v) is 11.8. The quantitative estimate of drug-likeness (QED) is 0.382. The Morgan fingerprint density at radius 3 is 2.11 bits per heavy atom. The monoisotopic (exact) mass is 553 g/mol. The van der Waals surface area contributed by atoms with Gasteiger partial charge < -0.3 is 10.2 Å². The van der Waals surface area contributed by atoms with Gasteiger partial charge in [-0.25, -0.2) is 8.42 Å². The van der Waals surface area contributed by atoms with Crippen LogP contribution in [-0.4, -0.2) is 43.8 Å². The molecule has 3 aromatic rings. The molecule has 2 amide bonds. The van der Waals surface area contributed by atoms with Gasteiger partial charge in [0.1, 0.15) is 12.6 Å². The van der Waals surface area contributed by atoms with Gasteiger partial charge >= 0.3 is 0 Å². The van der Waals surface area contributed by atoms with Crippen molar-refractivity contribution >= 4 is 39.1 Å². The molecule has 0 spiro atoms. The molecule has 0 heterocycles. The van der Waals surface area contributed by atoms with E-state index in [1.165, 1.54) is 17.0 Å². The van der Waals surface area contributed by atoms with Crippen molar-refractivity contribution in [2.75, 3.05) is 10.8 Å². The van der Waals surface area contributed by atoms with Gasteiger partial charge in [0.2, 0.25) is 11.8 Å². The average Bonchev–Trinajstić information content (AvgIpc) is 3.44. The summed E-state index contributed by atoms with van der Waals surface area (Å²) in [6, 6.07) is 22.9. The summed E-state index contributed by atoms with van der Waals surface area (Å²) in [4.78, 5) is 28.6. The molecule has 4 rings (SSSR count). The Labute approximate surface area is 229 Å². The first kappa shape index (κ1) is 27.7. The first-order chi connectivity index (χ1) is 18.3. The fourth-order valence-electron chi connectivity index (χ4n) is 4.61. The van der Waals surface area contributed by atoms with Crippen molar-refractivity contribution < 1.29 is 18.0 Å². The molecule has 1 atom stereocenters. The van der Waals surface area contributed by atoms with E-state index < -0.39 is 28.5 Å². The maximum absolute atomic E-state index is 13.9. The highest BCUT2D eigenvalue weighted by molar-refractivity contribution is 7.92. The molecule has 1 unspecified atom stereocenters. The van der Waals surface area contributed by atoms with E-state index in [1.54, 1.807) is 49.4 Å². The fourth-order valence-corrected chi connectivity index (χ4v) is 6.17. The SMILES string of the molecule is CC(C(=O)NC1CCCC1)N(Cc1ccccc1)C(=O)CN(c1ccc(Cl)cc1)S(=O)(=O)c1ccccc1. The number of carbonyl (C=O) groups excluding carboxylic acids is 2. The van der Waals surface area contributed by atoms with Crippen LogP contribution in [0.2, 0.25) is 5.02 Å². The minimum absolute atomic E-state index is 0.0596. The normalized spacial score (nSPS) is 14.6. The van der Waals surface area contributed by atoms with Crippen molar-refractivity contribution in [3.05, 3.63) is 95.5 Å². The van der Waals surface area contributed by atoms with Gasteiger partial charge in [0.25, 0.3) is 10.0 Å². The first-order valence-corrected chi connectivity index (χ1v) is 14.5. The van der Waals surface area contributed by atoms with Crippen LogP contribution in [0, 0.1) is 0 Å². The van der Waals surface area contributed by atoms with E-state index in [9.17, 15) is 18.0 Å². The molecule has 200 valence electrons. The third-order valence-corrected chi connectivity index (χ3v) is 8.83. The van der Waals surface area contributed by atoms with Crippen LogP contribution in [0.25, 0.3) is 0 Å². The van der Waals surface area contributed by atoms with Gasteiger partial charge in [-0.05, 0) is 61.7 Å². The fraction of sp³-hybridized carbons (Fsp3) is 0.310. The molecule has 0 saturated heterocycles. The van der Waals surface area contributed by atoms with Crippen LogP contribution in [-0.2, 0) is 26.2 Å². The summed E-state index contributed by atoms with van der Waals surface area (Å²) in [7, 11) is -4.09. The summed E-state index contributed by atoms with van der Waals surface area (Å²) in [5.41, 5.74) is 1.14. The van der Waals surface area contributed by atoms with E-state index in [2.05, 4.69) is 5.32 Å². The Hall–Kier alpha value is -3.36. The lowest BCUT2D eigenvalue weighted by atomic mass is 10.1. The van der Waals surface area contributed by atoms with Gasteiger partial charge in [0.15, 0.2) is 0 Å². The number of benzene rings is 3. The number of nitrogens with zero attached hydrogens (tertiary/aromatic N) is 2. The molecule has 1 fully saturated rings. The van der Waals surface area contributed by atoms with Crippen molar-refractivity contribution in [3.8, 4) is 0 Å². The average molecular weight is 554 g/mol. The summed E-state index contributed by atoms with van der Waals surface area (Å²) >= 11 is 6.05. The second kappa shape index (κ2) is 12.5. The van der Waals surface area contributed by atoms with Crippen molar-refractivity contribution in [2.45, 2.75) is 56.1 Å². The third-order valence-electron chi connectivity index (χ3n) is 6.79. The smallest absolute Gasteiger partial charge is 0.264 e. The zero-order valence-corrected chi connectivity index (χ0v) is 22.9. The number of amides is 2. The molecular weight excluding hydrogens is 522 g/mol. The number of nitrogens with one attached hydrogen (secondary N) is 1. The Bertz CT molecular complexity index is 1330. The number of anilines is 1. The number of halogens is 1. The number of hydrogen-bond acceptors (Lipinski definition) is 4. The molecule has 0 aliphatic heterocycles. The lowest BCUT2D eigenvalue weighted by molar-refractivity contribution is -0.139. The minimum atomic E-state index is -4.09. The molecule has 0 radical (unpaired) electrons. The zero-order chi connectivity index (χ0) is 27.1. The number of sulfonamides is 1. The highest BCUT2D eigenvalue weighted by atomic mass is 35.5. The van der Waals surface area contributed by atoms with Crippen molar-refractivity contribution in [3.63, 3.8) is 0 Å². The molecule has 0 aromatic heterocycles. The van der Waals surface area contributed by atoms with Crippen LogP contribution in [0.4, 0.5) is 5.69 Å². The van der Waals surface area contributed by atoms with Crippen molar-refractivity contribution in [1.82, 2.24) is 10.2 Å². The number of hydrogen-bond donors (Lipinski definition) is 1. The van der Waals surface area contributed by atoms with Crippen LogP contribution >= 0.6 is 11.6 Å². The van der Waals surface area contributed by atoms with Crippen LogP contribution < -0.4 is 9.62 Å². The number of rotatable bonds is 10. The third kappa shape index (κ3) is 6.74. The molecule has 0 bridgehead atoms. The van der Waals surface area contributed by atoms with E-state index in [4.69, 9.17) is 11.6 Å². The summed E-state index contributed by atoms with van der Waals surface area (Å²) in [5, 5.41) is 3.51. The molecule has 1 aliphatic rings. The highest BCUT2D eigenvalue weighted by Crippen LogP contribution is 2.26. The first-order valence-electron chi connectivity index (χ1n) is 12.7. The van der Waals surface area contributed by atoms with Gasteiger partial charge in [-0.2, -0.15) is 0 Å². The Morgan fingerprint density at radius 2 is 1.50 bits per heavy atom. The molecular formula is C29H32ClN3O4S. The largest absolute Gasteiger partial charge is 0.352 e. The van der Waals surface area contributed by atoms with Crippen LogP contribution in [0.3, 0.4) is 0 Å². The van der Waals surface area contributed by atoms with Crippen molar-refractivity contribution in [1.29, 1.82) is 0 Å². The highest BCUT2D eigenvalue weighted by Gasteiger charge is 2.33. The van der Waals surface area contributed by atoms with E-state index in [-0.39, 0.29) is 23.4 Å². The second-order valence-electron chi connectivity index (χ2n) is 9.47. The van der Waals surface area contributed by atoms with Gasteiger partial charge in [-0.15, -0.1) is 0 Å². The standard InChI is InChI=1S/C29H32ClN3O4S/c1-22(29(35)31-25-12-8-9-13-25)32(20-23-10-4-2-5-11-23)28(34)21-33(26-18-16-24(30)17-19-26)38(36,37)27-14-6-3-7-15-27/h2-7,10-11,14-19,22,25H,8-9,12-13,20-21H2,1H3,(H,31,35). The molecule has 38 heavy (non-hydrogen) atoms. The number of carbonyl (C=O) groups is 2. The molecule has 7 nitrogen and oxygen atoms in total. The molecule has 3 aromatic carbocycles. The Balaban J connectivity index is 1.65. The van der Waals surface area contributed by atoms with E-state index in [1.807, 2.05) is 30.3 Å². The van der Waals surface area contributed by atoms with Gasteiger partial charge in [0, 0.05) is 17.6 Å². The Morgan fingerprint density at radius 1 is 0.921 bits per heavy atom. The summed E-state index contributed by atoms with van der Waals surface area (Å²) in [5.74, 6) is -0.734.